The molecule has 0 aromatic heterocycles. The average Bonchev–Trinajstić information content (AvgIpc) is 2.60. The molecule has 0 saturated carbocycles. The van der Waals surface area contributed by atoms with Gasteiger partial charge < -0.3 is 10.0 Å². The predicted octanol–water partition coefficient (Wildman–Crippen LogP) is 2.33. The summed E-state index contributed by atoms with van der Waals surface area (Å²) in [5.41, 5.74) is 0.638. The number of sulfonamides is 1. The Kier molecular flexibility index (Phi) is 5.56. The second-order valence-electron chi connectivity index (χ2n) is 5.01. The minimum Gasteiger partial charge on any atom is -0.480 e. The van der Waals surface area contributed by atoms with Gasteiger partial charge >= 0.3 is 5.97 Å². The fourth-order valence-corrected chi connectivity index (χ4v) is 3.25. The molecule has 0 fully saturated rings. The normalized spacial score (nSPS) is 10.7. The number of nitrogens with zero attached hydrogens (tertiary/aromatic N) is 1. The molecule has 0 aliphatic heterocycles. The lowest BCUT2D eigenvalue weighted by Crippen LogP contribution is -2.25. The van der Waals surface area contributed by atoms with Crippen LogP contribution in [-0.4, -0.2) is 32.3 Å². The quantitative estimate of drug-likeness (QED) is 0.700. The van der Waals surface area contributed by atoms with Gasteiger partial charge in [0.1, 0.15) is 6.54 Å². The zero-order chi connectivity index (χ0) is 18.4. The van der Waals surface area contributed by atoms with Crippen LogP contribution in [0, 0.1) is 0 Å². The first-order chi connectivity index (χ1) is 11.9. The molecular weight excluding hydrogens is 344 g/mol. The first kappa shape index (κ1) is 18.2. The third kappa shape index (κ3) is 4.45. The second kappa shape index (κ2) is 7.63. The smallest absolute Gasteiger partial charge is 0.323 e. The van der Waals surface area contributed by atoms with Gasteiger partial charge in [0.25, 0.3) is 10.0 Å². The molecule has 0 spiro atoms. The van der Waals surface area contributed by atoms with E-state index < -0.39 is 16.0 Å². The van der Waals surface area contributed by atoms with E-state index in [-0.39, 0.29) is 22.7 Å². The number of carbonyl (C=O) groups excluding carboxylic acids is 1. The predicted molar refractivity (Wildman–Crippen MR) is 94.3 cm³/mol. The van der Waals surface area contributed by atoms with Crippen molar-refractivity contribution in [2.45, 2.75) is 4.90 Å². The number of carboxylic acids is 1. The lowest BCUT2D eigenvalue weighted by Gasteiger charge is -2.20. The lowest BCUT2D eigenvalue weighted by molar-refractivity contribution is -0.135. The molecule has 0 atom stereocenters. The van der Waals surface area contributed by atoms with Crippen LogP contribution in [0.3, 0.4) is 0 Å². The van der Waals surface area contributed by atoms with Gasteiger partial charge in [-0.1, -0.05) is 24.8 Å². The molecule has 25 heavy (non-hydrogen) atoms. The minimum absolute atomic E-state index is 0.0883. The van der Waals surface area contributed by atoms with Crippen LogP contribution in [0.25, 0.3) is 0 Å². The number of rotatable bonds is 8. The molecule has 2 N–H and O–H groups in total. The average molecular weight is 360 g/mol. The fraction of sp³-hybridized carbons (Fsp3) is 0.0588. The molecule has 0 bridgehead atoms. The van der Waals surface area contributed by atoms with Crippen molar-refractivity contribution in [3.05, 3.63) is 66.9 Å². The summed E-state index contributed by atoms with van der Waals surface area (Å²) in [6.07, 6.45) is 1.80. The van der Waals surface area contributed by atoms with Crippen molar-refractivity contribution in [3.8, 4) is 0 Å². The van der Waals surface area contributed by atoms with E-state index >= 15 is 0 Å². The van der Waals surface area contributed by atoms with Crippen molar-refractivity contribution >= 4 is 33.7 Å². The van der Waals surface area contributed by atoms with Crippen LogP contribution in [0.2, 0.25) is 0 Å². The largest absolute Gasteiger partial charge is 0.480 e. The molecule has 8 heteroatoms. The molecule has 2 aromatic carbocycles. The Hall–Kier alpha value is -3.13. The van der Waals surface area contributed by atoms with Crippen LogP contribution in [0.15, 0.2) is 66.2 Å². The summed E-state index contributed by atoms with van der Waals surface area (Å²) in [6.45, 7) is 3.15. The minimum atomic E-state index is -3.79. The molecule has 2 aromatic rings. The van der Waals surface area contributed by atoms with E-state index in [4.69, 9.17) is 5.11 Å². The van der Waals surface area contributed by atoms with Gasteiger partial charge in [-0.25, -0.2) is 8.42 Å². The zero-order valence-electron chi connectivity index (χ0n) is 13.1. The summed E-state index contributed by atoms with van der Waals surface area (Å²) in [5, 5.41) is 8.90. The molecule has 0 radical (unpaired) electrons. The third-order valence-electron chi connectivity index (χ3n) is 3.30. The molecule has 0 saturated heterocycles. The number of hydrogen-bond donors (Lipinski definition) is 2. The van der Waals surface area contributed by atoms with E-state index in [0.29, 0.717) is 12.0 Å². The number of carboxylic acid groups (broad SMARTS) is 1. The SMILES string of the molecule is C=CN(CC(=O)O)c1ccc(NS(=O)(=O)c2ccccc2)cc1C=O. The zero-order valence-corrected chi connectivity index (χ0v) is 13.9. The maximum Gasteiger partial charge on any atom is 0.323 e. The molecule has 7 nitrogen and oxygen atoms in total. The number of anilines is 2. The first-order valence-corrected chi connectivity index (χ1v) is 8.64. The van der Waals surface area contributed by atoms with Crippen molar-refractivity contribution in [2.75, 3.05) is 16.2 Å². The summed E-state index contributed by atoms with van der Waals surface area (Å²) in [6, 6.07) is 12.0. The van der Waals surface area contributed by atoms with Crippen molar-refractivity contribution in [2.24, 2.45) is 0 Å². The Morgan fingerprint density at radius 2 is 1.88 bits per heavy atom. The number of aldehydes is 1. The van der Waals surface area contributed by atoms with Crippen LogP contribution in [0.1, 0.15) is 10.4 Å². The van der Waals surface area contributed by atoms with E-state index in [9.17, 15) is 18.0 Å². The van der Waals surface area contributed by atoms with Crippen LogP contribution in [-0.2, 0) is 14.8 Å². The number of aliphatic carboxylic acids is 1. The summed E-state index contributed by atoms with van der Waals surface area (Å²) in [7, 11) is -3.79. The van der Waals surface area contributed by atoms with Crippen LogP contribution in [0.5, 0.6) is 0 Å². The van der Waals surface area contributed by atoms with E-state index in [1.807, 2.05) is 0 Å². The molecule has 2 rings (SSSR count). The summed E-state index contributed by atoms with van der Waals surface area (Å²) >= 11 is 0. The first-order valence-electron chi connectivity index (χ1n) is 7.15. The molecule has 130 valence electrons. The van der Waals surface area contributed by atoms with Crippen LogP contribution >= 0.6 is 0 Å². The Balaban J connectivity index is 2.34. The van der Waals surface area contributed by atoms with Crippen molar-refractivity contribution < 1.29 is 23.1 Å². The fourth-order valence-electron chi connectivity index (χ4n) is 2.18. The van der Waals surface area contributed by atoms with Crippen molar-refractivity contribution in [1.29, 1.82) is 0 Å². The maximum absolute atomic E-state index is 12.3. The molecule has 0 unspecified atom stereocenters. The number of nitrogens with one attached hydrogen (secondary N) is 1. The highest BCUT2D eigenvalue weighted by atomic mass is 32.2. The van der Waals surface area contributed by atoms with E-state index in [1.54, 1.807) is 18.2 Å². The Bertz CT molecular complexity index is 895. The van der Waals surface area contributed by atoms with Gasteiger partial charge in [0.15, 0.2) is 6.29 Å². The van der Waals surface area contributed by atoms with E-state index in [1.165, 1.54) is 41.4 Å². The Labute approximate surface area is 145 Å². The van der Waals surface area contributed by atoms with E-state index in [2.05, 4.69) is 11.3 Å². The van der Waals surface area contributed by atoms with Gasteiger partial charge in [0, 0.05) is 11.3 Å². The lowest BCUT2D eigenvalue weighted by atomic mass is 10.1. The van der Waals surface area contributed by atoms with E-state index in [0.717, 1.165) is 0 Å². The van der Waals surface area contributed by atoms with Crippen LogP contribution in [0.4, 0.5) is 11.4 Å². The maximum atomic E-state index is 12.3. The number of hydrogen-bond acceptors (Lipinski definition) is 5. The van der Waals surface area contributed by atoms with Crippen LogP contribution < -0.4 is 9.62 Å². The highest BCUT2D eigenvalue weighted by Gasteiger charge is 2.16. The third-order valence-corrected chi connectivity index (χ3v) is 4.69. The summed E-state index contributed by atoms with van der Waals surface area (Å²) in [4.78, 5) is 23.6. The molecule has 0 aliphatic rings. The number of benzene rings is 2. The second-order valence-corrected chi connectivity index (χ2v) is 6.70. The van der Waals surface area contributed by atoms with Gasteiger partial charge in [-0.3, -0.25) is 14.3 Å². The molecule has 0 heterocycles. The molecule has 0 amide bonds. The number of carbonyl (C=O) groups is 2. The molecular formula is C17H16N2O5S. The summed E-state index contributed by atoms with van der Waals surface area (Å²) in [5.74, 6) is -1.09. The van der Waals surface area contributed by atoms with Crippen molar-refractivity contribution in [1.82, 2.24) is 0 Å². The standard InChI is InChI=1S/C17H16N2O5S/c1-2-19(11-17(21)22)16-9-8-14(10-13(16)12-20)18-25(23,24)15-6-4-3-5-7-15/h2-10,12,18H,1,11H2,(H,21,22). The Morgan fingerprint density at radius 1 is 1.20 bits per heavy atom. The highest BCUT2D eigenvalue weighted by molar-refractivity contribution is 7.92. The topological polar surface area (TPSA) is 104 Å². The Morgan fingerprint density at radius 3 is 2.44 bits per heavy atom. The van der Waals surface area contributed by atoms with Gasteiger partial charge in [0.05, 0.1) is 10.6 Å². The molecule has 0 aliphatic carbocycles. The monoisotopic (exact) mass is 360 g/mol. The van der Waals surface area contributed by atoms with Gasteiger partial charge in [0.2, 0.25) is 0 Å². The summed E-state index contributed by atoms with van der Waals surface area (Å²) < 4.78 is 27.0. The van der Waals surface area contributed by atoms with Gasteiger partial charge in [-0.15, -0.1) is 0 Å². The van der Waals surface area contributed by atoms with Gasteiger partial charge in [-0.2, -0.15) is 0 Å². The highest BCUT2D eigenvalue weighted by Crippen LogP contribution is 2.25. The van der Waals surface area contributed by atoms with Gasteiger partial charge in [-0.05, 0) is 36.5 Å². The van der Waals surface area contributed by atoms with Crippen molar-refractivity contribution in [3.63, 3.8) is 0 Å².